The molecule has 0 spiro atoms. The van der Waals surface area contributed by atoms with Gasteiger partial charge in [-0.05, 0) is 41.3 Å². The fourth-order valence-corrected chi connectivity index (χ4v) is 3.86. The molecule has 2 aromatic carbocycles. The van der Waals surface area contributed by atoms with Crippen molar-refractivity contribution >= 4 is 33.3 Å². The lowest BCUT2D eigenvalue weighted by Gasteiger charge is -2.10. The molecule has 31 heavy (non-hydrogen) atoms. The molecule has 5 rings (SSSR count). The standard InChI is InChI=1S/C25H21N3O3/c26-14-19(12-17-2-1-3-18-15-27-8-6-21(17)18)23-16-28-24-5-4-20(13-22(23)24)29-9-7-25-30-10-11-31-25/h1-6,8,12-13,15-16,25,28H,7,9-11H2/b19-12+. The molecule has 154 valence electrons. The van der Waals surface area contributed by atoms with E-state index in [1.54, 1.807) is 6.20 Å². The van der Waals surface area contributed by atoms with Gasteiger partial charge in [-0.1, -0.05) is 18.2 Å². The van der Waals surface area contributed by atoms with Gasteiger partial charge in [0.05, 0.1) is 31.5 Å². The van der Waals surface area contributed by atoms with E-state index in [0.29, 0.717) is 31.8 Å². The predicted molar refractivity (Wildman–Crippen MR) is 119 cm³/mol. The molecule has 0 amide bonds. The fourth-order valence-electron chi connectivity index (χ4n) is 3.86. The molecular formula is C25H21N3O3. The van der Waals surface area contributed by atoms with Crippen LogP contribution in [-0.4, -0.2) is 36.1 Å². The number of aromatic amines is 1. The van der Waals surface area contributed by atoms with E-state index in [0.717, 1.165) is 38.6 Å². The first-order valence-corrected chi connectivity index (χ1v) is 10.2. The molecule has 1 aliphatic rings. The number of benzene rings is 2. The Morgan fingerprint density at radius 1 is 1.19 bits per heavy atom. The summed E-state index contributed by atoms with van der Waals surface area (Å²) in [6.45, 7) is 1.78. The number of pyridine rings is 1. The number of nitrogens with one attached hydrogen (secondary N) is 1. The van der Waals surface area contributed by atoms with Gasteiger partial charge < -0.3 is 19.2 Å². The Morgan fingerprint density at radius 2 is 2.10 bits per heavy atom. The molecule has 0 radical (unpaired) electrons. The number of nitrogens with zero attached hydrogens (tertiary/aromatic N) is 2. The van der Waals surface area contributed by atoms with Crippen LogP contribution in [0, 0.1) is 11.3 Å². The Morgan fingerprint density at radius 3 is 2.97 bits per heavy atom. The number of H-pyrrole nitrogens is 1. The van der Waals surface area contributed by atoms with Gasteiger partial charge in [0.15, 0.2) is 6.29 Å². The van der Waals surface area contributed by atoms with Crippen molar-refractivity contribution < 1.29 is 14.2 Å². The largest absolute Gasteiger partial charge is 0.493 e. The SMILES string of the molecule is N#C/C(=C\c1cccc2cnccc12)c1c[nH]c2ccc(OCCC3OCCO3)cc12. The zero-order valence-electron chi connectivity index (χ0n) is 16.9. The van der Waals surface area contributed by atoms with Crippen LogP contribution < -0.4 is 4.74 Å². The number of hydrogen-bond donors (Lipinski definition) is 1. The molecule has 1 saturated heterocycles. The molecule has 2 aromatic heterocycles. The highest BCUT2D eigenvalue weighted by atomic mass is 16.7. The second-order valence-electron chi connectivity index (χ2n) is 7.33. The molecule has 0 bridgehead atoms. The summed E-state index contributed by atoms with van der Waals surface area (Å²) in [5, 5.41) is 13.0. The second-order valence-corrected chi connectivity index (χ2v) is 7.33. The molecule has 1 aliphatic heterocycles. The lowest BCUT2D eigenvalue weighted by atomic mass is 10.00. The number of hydrogen-bond acceptors (Lipinski definition) is 5. The maximum Gasteiger partial charge on any atom is 0.161 e. The third kappa shape index (κ3) is 4.02. The lowest BCUT2D eigenvalue weighted by molar-refractivity contribution is -0.0531. The average molecular weight is 411 g/mol. The molecule has 1 fully saturated rings. The van der Waals surface area contributed by atoms with Gasteiger partial charge in [0.2, 0.25) is 0 Å². The summed E-state index contributed by atoms with van der Waals surface area (Å²) >= 11 is 0. The minimum absolute atomic E-state index is 0.185. The summed E-state index contributed by atoms with van der Waals surface area (Å²) in [7, 11) is 0. The van der Waals surface area contributed by atoms with Gasteiger partial charge in [0.1, 0.15) is 5.75 Å². The molecule has 6 heteroatoms. The van der Waals surface area contributed by atoms with Crippen molar-refractivity contribution in [3.05, 3.63) is 72.2 Å². The van der Waals surface area contributed by atoms with Crippen molar-refractivity contribution in [2.24, 2.45) is 0 Å². The highest BCUT2D eigenvalue weighted by Crippen LogP contribution is 2.31. The summed E-state index contributed by atoms with van der Waals surface area (Å²) in [6.07, 6.45) is 7.88. The molecule has 0 aliphatic carbocycles. The first-order valence-electron chi connectivity index (χ1n) is 10.2. The van der Waals surface area contributed by atoms with Crippen molar-refractivity contribution in [3.63, 3.8) is 0 Å². The first-order chi connectivity index (χ1) is 15.3. The van der Waals surface area contributed by atoms with Crippen LogP contribution in [0.4, 0.5) is 0 Å². The summed E-state index contributed by atoms with van der Waals surface area (Å²) in [4.78, 5) is 7.44. The summed E-state index contributed by atoms with van der Waals surface area (Å²) < 4.78 is 16.8. The van der Waals surface area contributed by atoms with E-state index >= 15 is 0 Å². The quantitative estimate of drug-likeness (QED) is 0.456. The van der Waals surface area contributed by atoms with Crippen molar-refractivity contribution in [1.82, 2.24) is 9.97 Å². The van der Waals surface area contributed by atoms with Crippen molar-refractivity contribution in [3.8, 4) is 11.8 Å². The lowest BCUT2D eigenvalue weighted by Crippen LogP contribution is -2.12. The van der Waals surface area contributed by atoms with Gasteiger partial charge in [0, 0.05) is 46.9 Å². The van der Waals surface area contributed by atoms with E-state index in [-0.39, 0.29) is 6.29 Å². The smallest absolute Gasteiger partial charge is 0.161 e. The highest BCUT2D eigenvalue weighted by molar-refractivity contribution is 6.04. The van der Waals surface area contributed by atoms with Crippen LogP contribution in [0.15, 0.2) is 61.1 Å². The molecule has 3 heterocycles. The van der Waals surface area contributed by atoms with Gasteiger partial charge in [-0.15, -0.1) is 0 Å². The first kappa shape index (κ1) is 19.3. The zero-order valence-corrected chi connectivity index (χ0v) is 16.9. The molecule has 1 N–H and O–H groups in total. The Kier molecular flexibility index (Phi) is 5.36. The van der Waals surface area contributed by atoms with Crippen molar-refractivity contribution in [2.45, 2.75) is 12.7 Å². The summed E-state index contributed by atoms with van der Waals surface area (Å²) in [6, 6.07) is 16.2. The Labute approximate surface area is 179 Å². The van der Waals surface area contributed by atoms with E-state index in [1.807, 2.05) is 60.9 Å². The Hall–Kier alpha value is -3.66. The van der Waals surface area contributed by atoms with E-state index in [1.165, 1.54) is 0 Å². The minimum atomic E-state index is -0.185. The van der Waals surface area contributed by atoms with Gasteiger partial charge in [0.25, 0.3) is 0 Å². The predicted octanol–water partition coefficient (Wildman–Crippen LogP) is 4.92. The minimum Gasteiger partial charge on any atom is -0.493 e. The normalized spacial score (nSPS) is 14.9. The van der Waals surface area contributed by atoms with E-state index in [2.05, 4.69) is 16.0 Å². The van der Waals surface area contributed by atoms with Crippen LogP contribution in [-0.2, 0) is 9.47 Å². The summed E-state index contributed by atoms with van der Waals surface area (Å²) in [5.74, 6) is 0.750. The fraction of sp³-hybridized carbons (Fsp3) is 0.200. The van der Waals surface area contributed by atoms with Gasteiger partial charge in [-0.3, -0.25) is 4.98 Å². The topological polar surface area (TPSA) is 80.2 Å². The van der Waals surface area contributed by atoms with Crippen LogP contribution in [0.5, 0.6) is 5.75 Å². The number of rotatable bonds is 6. The van der Waals surface area contributed by atoms with Crippen LogP contribution in [0.3, 0.4) is 0 Å². The third-order valence-corrected chi connectivity index (χ3v) is 5.39. The van der Waals surface area contributed by atoms with Crippen LogP contribution in [0.25, 0.3) is 33.3 Å². The van der Waals surface area contributed by atoms with Crippen LogP contribution in [0.1, 0.15) is 17.5 Å². The van der Waals surface area contributed by atoms with Crippen LogP contribution >= 0.6 is 0 Å². The van der Waals surface area contributed by atoms with Crippen molar-refractivity contribution in [1.29, 1.82) is 5.26 Å². The van der Waals surface area contributed by atoms with Crippen molar-refractivity contribution in [2.75, 3.05) is 19.8 Å². The molecule has 0 unspecified atom stereocenters. The molecule has 4 aromatic rings. The van der Waals surface area contributed by atoms with Crippen LogP contribution in [0.2, 0.25) is 0 Å². The van der Waals surface area contributed by atoms with Gasteiger partial charge in [-0.25, -0.2) is 0 Å². The zero-order chi connectivity index (χ0) is 21.0. The molecular weight excluding hydrogens is 390 g/mol. The number of aromatic nitrogens is 2. The van der Waals surface area contributed by atoms with Gasteiger partial charge in [-0.2, -0.15) is 5.26 Å². The number of ether oxygens (including phenoxy) is 3. The Bertz CT molecular complexity index is 1290. The van der Waals surface area contributed by atoms with E-state index in [9.17, 15) is 5.26 Å². The highest BCUT2D eigenvalue weighted by Gasteiger charge is 2.16. The number of allylic oxidation sites excluding steroid dienone is 1. The maximum atomic E-state index is 9.92. The van der Waals surface area contributed by atoms with E-state index in [4.69, 9.17) is 14.2 Å². The molecule has 6 nitrogen and oxygen atoms in total. The number of nitriles is 1. The average Bonchev–Trinajstić information content (AvgIpc) is 3.47. The molecule has 0 atom stereocenters. The second kappa shape index (κ2) is 8.60. The monoisotopic (exact) mass is 411 g/mol. The van der Waals surface area contributed by atoms with E-state index < -0.39 is 0 Å². The molecule has 0 saturated carbocycles. The van der Waals surface area contributed by atoms with Gasteiger partial charge >= 0.3 is 0 Å². The Balaban J connectivity index is 1.45. The maximum absolute atomic E-state index is 9.92. The summed E-state index contributed by atoms with van der Waals surface area (Å²) in [5.41, 5.74) is 3.36. The number of fused-ring (bicyclic) bond motifs is 2. The third-order valence-electron chi connectivity index (χ3n) is 5.39.